The third-order valence-corrected chi connectivity index (χ3v) is 3.34. The fourth-order valence-corrected chi connectivity index (χ4v) is 2.26. The van der Waals surface area contributed by atoms with Gasteiger partial charge in [-0.25, -0.2) is 0 Å². The molecule has 2 N–H and O–H groups in total. The van der Waals surface area contributed by atoms with Crippen molar-refractivity contribution >= 4 is 5.69 Å². The summed E-state index contributed by atoms with van der Waals surface area (Å²) in [7, 11) is 0. The molecule has 0 aromatic heterocycles. The Labute approximate surface area is 98.4 Å². The zero-order chi connectivity index (χ0) is 11.4. The predicted octanol–water partition coefficient (Wildman–Crippen LogP) is 2.86. The second-order valence-electron chi connectivity index (χ2n) is 4.85. The Balaban J connectivity index is 1.90. The van der Waals surface area contributed by atoms with E-state index in [9.17, 15) is 0 Å². The molecule has 0 bridgehead atoms. The van der Waals surface area contributed by atoms with Gasteiger partial charge in [-0.3, -0.25) is 0 Å². The van der Waals surface area contributed by atoms with E-state index in [0.717, 1.165) is 6.54 Å². The Morgan fingerprint density at radius 3 is 2.94 bits per heavy atom. The van der Waals surface area contributed by atoms with E-state index in [1.807, 2.05) is 0 Å². The molecule has 88 valence electrons. The first-order valence-electron chi connectivity index (χ1n) is 6.30. The van der Waals surface area contributed by atoms with Crippen LogP contribution in [-0.2, 0) is 0 Å². The van der Waals surface area contributed by atoms with E-state index in [2.05, 4.69) is 42.7 Å². The monoisotopic (exact) mass is 218 g/mol. The molecule has 1 aliphatic rings. The van der Waals surface area contributed by atoms with Gasteiger partial charge in [-0.2, -0.15) is 0 Å². The van der Waals surface area contributed by atoms with Crippen LogP contribution in [0.3, 0.4) is 0 Å². The van der Waals surface area contributed by atoms with Gasteiger partial charge in [0, 0.05) is 18.3 Å². The molecule has 1 aromatic carbocycles. The second-order valence-corrected chi connectivity index (χ2v) is 4.85. The summed E-state index contributed by atoms with van der Waals surface area (Å²) in [5.74, 6) is 0. The van der Waals surface area contributed by atoms with Gasteiger partial charge in [0.25, 0.3) is 0 Å². The van der Waals surface area contributed by atoms with Crippen molar-refractivity contribution in [3.63, 3.8) is 0 Å². The second kappa shape index (κ2) is 5.35. The number of hydrogen-bond donors (Lipinski definition) is 2. The van der Waals surface area contributed by atoms with Gasteiger partial charge in [0.15, 0.2) is 0 Å². The van der Waals surface area contributed by atoms with Crippen molar-refractivity contribution < 1.29 is 0 Å². The van der Waals surface area contributed by atoms with Gasteiger partial charge < -0.3 is 10.6 Å². The van der Waals surface area contributed by atoms with E-state index in [0.29, 0.717) is 6.04 Å². The van der Waals surface area contributed by atoms with Crippen LogP contribution < -0.4 is 10.6 Å². The van der Waals surface area contributed by atoms with Crippen LogP contribution in [0.5, 0.6) is 0 Å². The highest BCUT2D eigenvalue weighted by atomic mass is 15.0. The number of piperidine rings is 1. The zero-order valence-corrected chi connectivity index (χ0v) is 10.3. The Bertz CT molecular complexity index is 341. The van der Waals surface area contributed by atoms with Crippen molar-refractivity contribution in [3.05, 3.63) is 29.3 Å². The average Bonchev–Trinajstić information content (AvgIpc) is 2.32. The summed E-state index contributed by atoms with van der Waals surface area (Å²) in [4.78, 5) is 0. The van der Waals surface area contributed by atoms with E-state index >= 15 is 0 Å². The number of benzene rings is 1. The SMILES string of the molecule is Cc1ccc(C)c(NCC2CCCCN2)c1. The Kier molecular flexibility index (Phi) is 3.83. The number of hydrogen-bond acceptors (Lipinski definition) is 2. The van der Waals surface area contributed by atoms with Gasteiger partial charge in [0.05, 0.1) is 0 Å². The molecule has 1 atom stereocenters. The normalized spacial score (nSPS) is 20.8. The van der Waals surface area contributed by atoms with Crippen LogP contribution in [0.2, 0.25) is 0 Å². The lowest BCUT2D eigenvalue weighted by atomic mass is 10.0. The molecule has 2 heteroatoms. The summed E-state index contributed by atoms with van der Waals surface area (Å²) in [5, 5.41) is 7.12. The molecular formula is C14H22N2. The number of aryl methyl sites for hydroxylation is 2. The summed E-state index contributed by atoms with van der Waals surface area (Å²) in [6.45, 7) is 6.53. The number of nitrogens with one attached hydrogen (secondary N) is 2. The van der Waals surface area contributed by atoms with E-state index < -0.39 is 0 Å². The molecule has 0 amide bonds. The van der Waals surface area contributed by atoms with Gasteiger partial charge in [-0.15, -0.1) is 0 Å². The van der Waals surface area contributed by atoms with Gasteiger partial charge in [-0.1, -0.05) is 18.6 Å². The molecule has 1 aliphatic heterocycles. The minimum absolute atomic E-state index is 0.647. The maximum Gasteiger partial charge on any atom is 0.0373 e. The van der Waals surface area contributed by atoms with Crippen molar-refractivity contribution in [2.24, 2.45) is 0 Å². The van der Waals surface area contributed by atoms with Crippen LogP contribution in [0, 0.1) is 13.8 Å². The Morgan fingerprint density at radius 1 is 1.31 bits per heavy atom. The Morgan fingerprint density at radius 2 is 2.19 bits per heavy atom. The molecule has 1 aromatic rings. The third kappa shape index (κ3) is 2.99. The molecular weight excluding hydrogens is 196 g/mol. The first-order chi connectivity index (χ1) is 7.75. The van der Waals surface area contributed by atoms with E-state index in [-0.39, 0.29) is 0 Å². The molecule has 2 rings (SSSR count). The molecule has 1 fully saturated rings. The molecule has 0 radical (unpaired) electrons. The lowest BCUT2D eigenvalue weighted by molar-refractivity contribution is 0.414. The quantitative estimate of drug-likeness (QED) is 0.815. The van der Waals surface area contributed by atoms with Crippen LogP contribution in [0.1, 0.15) is 30.4 Å². The molecule has 0 spiro atoms. The van der Waals surface area contributed by atoms with E-state index in [1.54, 1.807) is 0 Å². The van der Waals surface area contributed by atoms with Crippen molar-refractivity contribution in [1.29, 1.82) is 0 Å². The standard InChI is InChI=1S/C14H22N2/c1-11-6-7-12(2)14(9-11)16-10-13-5-3-4-8-15-13/h6-7,9,13,15-16H,3-5,8,10H2,1-2H3. The minimum Gasteiger partial charge on any atom is -0.383 e. The smallest absolute Gasteiger partial charge is 0.0373 e. The summed E-state index contributed by atoms with van der Waals surface area (Å²) in [5.41, 5.74) is 3.94. The molecule has 0 aliphatic carbocycles. The Hall–Kier alpha value is -1.02. The van der Waals surface area contributed by atoms with Crippen LogP contribution in [0.15, 0.2) is 18.2 Å². The van der Waals surface area contributed by atoms with Crippen molar-refractivity contribution in [3.8, 4) is 0 Å². The van der Waals surface area contributed by atoms with Crippen LogP contribution in [-0.4, -0.2) is 19.1 Å². The molecule has 1 heterocycles. The largest absolute Gasteiger partial charge is 0.383 e. The first-order valence-corrected chi connectivity index (χ1v) is 6.30. The number of rotatable bonds is 3. The van der Waals surface area contributed by atoms with Crippen LogP contribution >= 0.6 is 0 Å². The maximum atomic E-state index is 3.56. The molecule has 1 unspecified atom stereocenters. The van der Waals surface area contributed by atoms with Crippen molar-refractivity contribution in [2.75, 3.05) is 18.4 Å². The predicted molar refractivity (Wildman–Crippen MR) is 70.0 cm³/mol. The van der Waals surface area contributed by atoms with Crippen LogP contribution in [0.4, 0.5) is 5.69 Å². The lowest BCUT2D eigenvalue weighted by Crippen LogP contribution is -2.39. The van der Waals surface area contributed by atoms with Gasteiger partial charge >= 0.3 is 0 Å². The summed E-state index contributed by atoms with van der Waals surface area (Å²) in [6, 6.07) is 7.23. The van der Waals surface area contributed by atoms with Crippen molar-refractivity contribution in [2.45, 2.75) is 39.2 Å². The molecule has 0 saturated carbocycles. The first kappa shape index (κ1) is 11.5. The van der Waals surface area contributed by atoms with E-state index in [1.165, 1.54) is 42.6 Å². The highest BCUT2D eigenvalue weighted by molar-refractivity contribution is 5.52. The molecule has 1 saturated heterocycles. The van der Waals surface area contributed by atoms with Gasteiger partial charge in [0.1, 0.15) is 0 Å². The average molecular weight is 218 g/mol. The highest BCUT2D eigenvalue weighted by Gasteiger charge is 2.11. The summed E-state index contributed by atoms with van der Waals surface area (Å²) in [6.07, 6.45) is 4.00. The fourth-order valence-electron chi connectivity index (χ4n) is 2.26. The molecule has 2 nitrogen and oxygen atoms in total. The van der Waals surface area contributed by atoms with Crippen LogP contribution in [0.25, 0.3) is 0 Å². The third-order valence-electron chi connectivity index (χ3n) is 3.34. The number of anilines is 1. The molecule has 16 heavy (non-hydrogen) atoms. The van der Waals surface area contributed by atoms with Crippen molar-refractivity contribution in [1.82, 2.24) is 5.32 Å². The topological polar surface area (TPSA) is 24.1 Å². The summed E-state index contributed by atoms with van der Waals surface area (Å²) >= 11 is 0. The lowest BCUT2D eigenvalue weighted by Gasteiger charge is -2.24. The fraction of sp³-hybridized carbons (Fsp3) is 0.571. The minimum atomic E-state index is 0.647. The highest BCUT2D eigenvalue weighted by Crippen LogP contribution is 2.17. The van der Waals surface area contributed by atoms with Gasteiger partial charge in [-0.05, 0) is 50.4 Å². The maximum absolute atomic E-state index is 3.56. The zero-order valence-electron chi connectivity index (χ0n) is 10.3. The van der Waals surface area contributed by atoms with Gasteiger partial charge in [0.2, 0.25) is 0 Å². The summed E-state index contributed by atoms with van der Waals surface area (Å²) < 4.78 is 0. The van der Waals surface area contributed by atoms with E-state index in [4.69, 9.17) is 0 Å².